The predicted octanol–water partition coefficient (Wildman–Crippen LogP) is 4.36. The number of pyridine rings is 1. The fourth-order valence-corrected chi connectivity index (χ4v) is 5.36. The lowest BCUT2D eigenvalue weighted by Gasteiger charge is -2.50. The second-order valence-corrected chi connectivity index (χ2v) is 8.26. The third-order valence-corrected chi connectivity index (χ3v) is 6.85. The maximum atomic E-state index is 6.55. The normalized spacial score (nSPS) is 28.0. The highest BCUT2D eigenvalue weighted by molar-refractivity contribution is 5.86. The average Bonchev–Trinajstić information content (AvgIpc) is 3.09. The largest absolute Gasteiger partial charge is 0.370 e. The van der Waals surface area contributed by atoms with Crippen molar-refractivity contribution in [3.8, 4) is 0 Å². The summed E-state index contributed by atoms with van der Waals surface area (Å²) >= 11 is 0. The van der Waals surface area contributed by atoms with Gasteiger partial charge in [-0.2, -0.15) is 0 Å². The van der Waals surface area contributed by atoms with Crippen LogP contribution in [0.4, 0.5) is 0 Å². The van der Waals surface area contributed by atoms with Gasteiger partial charge in [-0.1, -0.05) is 24.3 Å². The van der Waals surface area contributed by atoms with Crippen LogP contribution in [0.1, 0.15) is 42.6 Å². The molecule has 1 saturated carbocycles. The standard InChI is InChI=1S/C23H27N3O/c1-26(2)22(20-9-5-6-15-24-20)11-13-23(14-12-22)21-17-7-3-4-8-18(17)25-19(21)10-16-27-23/h3-9,15,25H,10-14,16H2,1-2H3. The Bertz CT molecular complexity index is 952. The molecule has 1 N–H and O–H groups in total. The van der Waals surface area contributed by atoms with Gasteiger partial charge >= 0.3 is 0 Å². The van der Waals surface area contributed by atoms with Crippen molar-refractivity contribution >= 4 is 10.9 Å². The van der Waals surface area contributed by atoms with Crippen molar-refractivity contribution in [2.24, 2.45) is 0 Å². The summed E-state index contributed by atoms with van der Waals surface area (Å²) in [6.45, 7) is 0.804. The van der Waals surface area contributed by atoms with Crippen molar-refractivity contribution in [2.45, 2.75) is 43.2 Å². The van der Waals surface area contributed by atoms with Crippen molar-refractivity contribution in [1.82, 2.24) is 14.9 Å². The maximum absolute atomic E-state index is 6.55. The first-order valence-electron chi connectivity index (χ1n) is 9.98. The number of hydrogen-bond acceptors (Lipinski definition) is 3. The van der Waals surface area contributed by atoms with Crippen molar-refractivity contribution in [3.05, 3.63) is 65.6 Å². The SMILES string of the molecule is CN(C)C1(c2ccccn2)CCC2(CC1)OCCc1[nH]c3ccccc3c12. The Hall–Kier alpha value is -2.17. The Morgan fingerprint density at radius 2 is 1.78 bits per heavy atom. The molecule has 1 aliphatic heterocycles. The summed E-state index contributed by atoms with van der Waals surface area (Å²) in [6, 6.07) is 15.0. The van der Waals surface area contributed by atoms with Gasteiger partial charge in [-0.05, 0) is 58.0 Å². The molecule has 3 aromatic rings. The molecule has 0 saturated heterocycles. The van der Waals surface area contributed by atoms with Crippen LogP contribution in [0.5, 0.6) is 0 Å². The summed E-state index contributed by atoms with van der Waals surface area (Å²) in [7, 11) is 4.37. The van der Waals surface area contributed by atoms with Gasteiger partial charge < -0.3 is 9.72 Å². The molecule has 3 heterocycles. The molecule has 27 heavy (non-hydrogen) atoms. The second kappa shape index (κ2) is 6.18. The van der Waals surface area contributed by atoms with Crippen LogP contribution in [0.2, 0.25) is 0 Å². The Kier molecular flexibility index (Phi) is 3.88. The van der Waals surface area contributed by atoms with E-state index in [1.807, 2.05) is 12.3 Å². The highest BCUT2D eigenvalue weighted by Gasteiger charge is 2.49. The summed E-state index contributed by atoms with van der Waals surface area (Å²) in [5.41, 5.74) is 5.03. The first-order chi connectivity index (χ1) is 13.1. The van der Waals surface area contributed by atoms with Crippen LogP contribution in [0.15, 0.2) is 48.7 Å². The van der Waals surface area contributed by atoms with Crippen LogP contribution < -0.4 is 0 Å². The summed E-state index contributed by atoms with van der Waals surface area (Å²) in [4.78, 5) is 10.7. The number of para-hydroxylation sites is 1. The Morgan fingerprint density at radius 3 is 2.52 bits per heavy atom. The number of aromatic nitrogens is 2. The van der Waals surface area contributed by atoms with Crippen molar-refractivity contribution < 1.29 is 4.74 Å². The van der Waals surface area contributed by atoms with E-state index in [4.69, 9.17) is 9.72 Å². The summed E-state index contributed by atoms with van der Waals surface area (Å²) < 4.78 is 6.55. The Morgan fingerprint density at radius 1 is 1.00 bits per heavy atom. The minimum absolute atomic E-state index is 0.0143. The van der Waals surface area contributed by atoms with Gasteiger partial charge in [0.25, 0.3) is 0 Å². The molecule has 0 unspecified atom stereocenters. The molecule has 1 aliphatic carbocycles. The van der Waals surface area contributed by atoms with E-state index in [0.29, 0.717) is 0 Å². The zero-order valence-electron chi connectivity index (χ0n) is 16.2. The van der Waals surface area contributed by atoms with E-state index in [9.17, 15) is 0 Å². The van der Waals surface area contributed by atoms with E-state index in [1.165, 1.54) is 27.9 Å². The van der Waals surface area contributed by atoms with Gasteiger partial charge in [-0.15, -0.1) is 0 Å². The Balaban J connectivity index is 1.56. The molecule has 1 spiro atoms. The number of hydrogen-bond donors (Lipinski definition) is 1. The van der Waals surface area contributed by atoms with Crippen LogP contribution >= 0.6 is 0 Å². The number of fused-ring (bicyclic) bond motifs is 4. The molecular formula is C23H27N3O. The highest BCUT2D eigenvalue weighted by Crippen LogP contribution is 2.52. The molecular weight excluding hydrogens is 334 g/mol. The number of aromatic amines is 1. The van der Waals surface area contributed by atoms with Crippen LogP contribution in [0, 0.1) is 0 Å². The van der Waals surface area contributed by atoms with Crippen LogP contribution in [0.3, 0.4) is 0 Å². The highest BCUT2D eigenvalue weighted by atomic mass is 16.5. The maximum Gasteiger partial charge on any atom is 0.0956 e. The van der Waals surface area contributed by atoms with Gasteiger partial charge in [0.2, 0.25) is 0 Å². The summed E-state index contributed by atoms with van der Waals surface area (Å²) in [5.74, 6) is 0. The van der Waals surface area contributed by atoms with Crippen LogP contribution in [-0.2, 0) is 22.3 Å². The fourth-order valence-electron chi connectivity index (χ4n) is 5.36. The smallest absolute Gasteiger partial charge is 0.0956 e. The number of nitrogens with one attached hydrogen (secondary N) is 1. The zero-order chi connectivity index (χ0) is 18.5. The lowest BCUT2D eigenvalue weighted by Crippen LogP contribution is -2.50. The first-order valence-corrected chi connectivity index (χ1v) is 9.98. The zero-order valence-corrected chi connectivity index (χ0v) is 16.2. The molecule has 4 nitrogen and oxygen atoms in total. The quantitative estimate of drug-likeness (QED) is 0.737. The van der Waals surface area contributed by atoms with Crippen molar-refractivity contribution in [3.63, 3.8) is 0 Å². The molecule has 1 aromatic carbocycles. The number of H-pyrrole nitrogens is 1. The minimum atomic E-state index is -0.165. The minimum Gasteiger partial charge on any atom is -0.370 e. The molecule has 140 valence electrons. The molecule has 0 atom stereocenters. The van der Waals surface area contributed by atoms with Gasteiger partial charge in [0.15, 0.2) is 0 Å². The monoisotopic (exact) mass is 361 g/mol. The van der Waals surface area contributed by atoms with E-state index in [2.05, 4.69) is 60.4 Å². The van der Waals surface area contributed by atoms with Gasteiger partial charge in [-0.3, -0.25) is 9.88 Å². The Labute approximate surface area is 160 Å². The van der Waals surface area contributed by atoms with Crippen LogP contribution in [0.25, 0.3) is 10.9 Å². The van der Waals surface area contributed by atoms with Crippen molar-refractivity contribution in [2.75, 3.05) is 20.7 Å². The fraction of sp³-hybridized carbons (Fsp3) is 0.435. The molecule has 2 aromatic heterocycles. The molecule has 4 heteroatoms. The lowest BCUT2D eigenvalue weighted by molar-refractivity contribution is -0.111. The average molecular weight is 361 g/mol. The van der Waals surface area contributed by atoms with Crippen molar-refractivity contribution in [1.29, 1.82) is 0 Å². The number of rotatable bonds is 2. The van der Waals surface area contributed by atoms with Gasteiger partial charge in [0, 0.05) is 34.8 Å². The molecule has 0 radical (unpaired) electrons. The topological polar surface area (TPSA) is 41.2 Å². The van der Waals surface area contributed by atoms with Gasteiger partial charge in [0.1, 0.15) is 0 Å². The molecule has 0 bridgehead atoms. The summed E-state index contributed by atoms with van der Waals surface area (Å²) in [5, 5.41) is 1.34. The molecule has 1 fully saturated rings. The van der Waals surface area contributed by atoms with Gasteiger partial charge in [0.05, 0.1) is 23.4 Å². The molecule has 5 rings (SSSR count). The number of ether oxygens (including phenoxy) is 1. The third-order valence-electron chi connectivity index (χ3n) is 6.85. The lowest BCUT2D eigenvalue weighted by atomic mass is 9.68. The predicted molar refractivity (Wildman–Crippen MR) is 108 cm³/mol. The van der Waals surface area contributed by atoms with E-state index in [1.54, 1.807) is 0 Å². The third kappa shape index (κ3) is 2.47. The molecule has 2 aliphatic rings. The summed E-state index contributed by atoms with van der Waals surface area (Å²) in [6.07, 6.45) is 7.05. The molecule has 0 amide bonds. The second-order valence-electron chi connectivity index (χ2n) is 8.26. The first kappa shape index (κ1) is 17.0. The van der Waals surface area contributed by atoms with Crippen LogP contribution in [-0.4, -0.2) is 35.6 Å². The van der Waals surface area contributed by atoms with E-state index in [-0.39, 0.29) is 11.1 Å². The van der Waals surface area contributed by atoms with E-state index >= 15 is 0 Å². The van der Waals surface area contributed by atoms with Gasteiger partial charge in [-0.25, -0.2) is 0 Å². The number of nitrogens with zero attached hydrogens (tertiary/aromatic N) is 2. The number of benzene rings is 1. The van der Waals surface area contributed by atoms with E-state index in [0.717, 1.165) is 38.7 Å². The van der Waals surface area contributed by atoms with E-state index < -0.39 is 0 Å².